The average Bonchev–Trinajstić information content (AvgIpc) is 3.42. The van der Waals surface area contributed by atoms with Gasteiger partial charge in [-0.05, 0) is 44.7 Å². The molecule has 3 heterocycles. The lowest BCUT2D eigenvalue weighted by Gasteiger charge is -2.37. The molecule has 1 N–H and O–H groups in total. The third kappa shape index (κ3) is 4.15. The molecule has 36 heavy (non-hydrogen) atoms. The Bertz CT molecular complexity index is 1060. The van der Waals surface area contributed by atoms with Gasteiger partial charge in [-0.25, -0.2) is 0 Å². The molecule has 194 valence electrons. The zero-order valence-electron chi connectivity index (χ0n) is 20.5. The van der Waals surface area contributed by atoms with Gasteiger partial charge in [0.05, 0.1) is 28.8 Å². The Morgan fingerprint density at radius 2 is 2.06 bits per heavy atom. The number of hydrogen-bond acceptors (Lipinski definition) is 6. The van der Waals surface area contributed by atoms with Crippen LogP contribution < -0.4 is 4.90 Å². The number of likely N-dealkylation sites (tertiary alicyclic amines) is 1. The van der Waals surface area contributed by atoms with E-state index in [-0.39, 0.29) is 44.5 Å². The molecule has 8 nitrogen and oxygen atoms in total. The van der Waals surface area contributed by atoms with Crippen LogP contribution in [-0.4, -0.2) is 71.3 Å². The van der Waals surface area contributed by atoms with Gasteiger partial charge in [-0.1, -0.05) is 35.9 Å². The maximum Gasteiger partial charge on any atom is 0.312 e. The highest BCUT2D eigenvalue weighted by atomic mass is 35.5. The Morgan fingerprint density at radius 3 is 2.72 bits per heavy atom. The van der Waals surface area contributed by atoms with Gasteiger partial charge in [-0.3, -0.25) is 14.4 Å². The minimum atomic E-state index is -1.18. The Kier molecular flexibility index (Phi) is 7.59. The first-order valence-corrected chi connectivity index (χ1v) is 12.7. The molecule has 3 aliphatic rings. The van der Waals surface area contributed by atoms with E-state index < -0.39 is 35.0 Å². The van der Waals surface area contributed by atoms with Crippen molar-refractivity contribution in [2.24, 2.45) is 11.8 Å². The molecule has 3 saturated heterocycles. The van der Waals surface area contributed by atoms with Crippen molar-refractivity contribution in [1.82, 2.24) is 4.90 Å². The number of ether oxygens (including phenoxy) is 2. The Hall–Kier alpha value is -2.68. The fourth-order valence-corrected chi connectivity index (χ4v) is 6.37. The molecule has 3 aliphatic heterocycles. The lowest BCUT2D eigenvalue weighted by molar-refractivity contribution is -0.159. The number of carbonyl (C=O) groups is 3. The first kappa shape index (κ1) is 26.4. The summed E-state index contributed by atoms with van der Waals surface area (Å²) in [5.41, 5.74) is -1.60. The maximum absolute atomic E-state index is 14.3. The monoisotopic (exact) mass is 516 g/mol. The van der Waals surface area contributed by atoms with Gasteiger partial charge in [0.2, 0.25) is 5.91 Å². The molecule has 1 aromatic rings. The lowest BCUT2D eigenvalue weighted by Crippen LogP contribution is -2.56. The third-order valence-corrected chi connectivity index (χ3v) is 7.93. The number of amides is 2. The number of carbonyl (C=O) groups excluding carboxylic acids is 3. The number of hydrogen-bond donors (Lipinski definition) is 1. The predicted octanol–water partition coefficient (Wildman–Crippen LogP) is 3.13. The van der Waals surface area contributed by atoms with Crippen molar-refractivity contribution in [1.29, 1.82) is 0 Å². The number of aliphatic hydroxyl groups excluding tert-OH is 1. The summed E-state index contributed by atoms with van der Waals surface area (Å²) in [6.07, 6.45) is 5.01. The molecule has 3 fully saturated rings. The van der Waals surface area contributed by atoms with Crippen molar-refractivity contribution in [3.63, 3.8) is 0 Å². The summed E-state index contributed by atoms with van der Waals surface area (Å²) in [5, 5.41) is 9.89. The Morgan fingerprint density at radius 1 is 1.31 bits per heavy atom. The van der Waals surface area contributed by atoms with E-state index in [9.17, 15) is 19.5 Å². The van der Waals surface area contributed by atoms with E-state index in [0.717, 1.165) is 0 Å². The second-order valence-electron chi connectivity index (χ2n) is 9.77. The summed E-state index contributed by atoms with van der Waals surface area (Å²) in [6, 6.07) is 6.00. The number of benzene rings is 1. The first-order chi connectivity index (χ1) is 17.3. The van der Waals surface area contributed by atoms with Gasteiger partial charge in [0.1, 0.15) is 17.6 Å². The van der Waals surface area contributed by atoms with Crippen LogP contribution in [0.5, 0.6) is 0 Å². The number of para-hydroxylation sites is 1. The molecule has 0 radical (unpaired) electrons. The summed E-state index contributed by atoms with van der Waals surface area (Å²) in [7, 11) is 0. The summed E-state index contributed by atoms with van der Waals surface area (Å²) in [4.78, 5) is 44.4. The fraction of sp³-hybridized carbons (Fsp3) is 0.519. The van der Waals surface area contributed by atoms with Crippen LogP contribution in [0.1, 0.15) is 32.6 Å². The van der Waals surface area contributed by atoms with Crippen molar-refractivity contribution in [2.75, 3.05) is 31.2 Å². The zero-order chi connectivity index (χ0) is 26.1. The van der Waals surface area contributed by atoms with Gasteiger partial charge in [0.15, 0.2) is 0 Å². The molecule has 0 aromatic heterocycles. The van der Waals surface area contributed by atoms with E-state index in [1.165, 1.54) is 9.80 Å². The zero-order valence-corrected chi connectivity index (χ0v) is 21.3. The van der Waals surface area contributed by atoms with Crippen molar-refractivity contribution in [3.8, 4) is 0 Å². The van der Waals surface area contributed by atoms with Gasteiger partial charge in [-0.15, -0.1) is 13.2 Å². The molecule has 4 rings (SSSR count). The van der Waals surface area contributed by atoms with E-state index in [2.05, 4.69) is 13.2 Å². The van der Waals surface area contributed by atoms with E-state index in [4.69, 9.17) is 21.1 Å². The first-order valence-electron chi connectivity index (χ1n) is 12.3. The normalized spacial score (nSPS) is 30.2. The predicted molar refractivity (Wildman–Crippen MR) is 135 cm³/mol. The van der Waals surface area contributed by atoms with Crippen LogP contribution in [-0.2, 0) is 23.9 Å². The van der Waals surface area contributed by atoms with Crippen LogP contribution >= 0.6 is 11.6 Å². The fourth-order valence-electron chi connectivity index (χ4n) is 6.13. The number of aliphatic hydroxyl groups is 1. The standard InChI is InChI=1S/C27H33ClN2O6/c1-4-6-17-35-25(34)21-20-23(32)30(15-9-16-31)22(27(20)13-12-26(21,3)36-27)24(33)29(14-5-2)19-11-8-7-10-18(19)28/h4-5,7-8,10-11,20-22,31H,1-2,6,9,12-17H2,3H3/t20-,21-,22?,26+,27?/m0/s1. The van der Waals surface area contributed by atoms with E-state index in [1.54, 1.807) is 36.4 Å². The Labute approximate surface area is 216 Å². The van der Waals surface area contributed by atoms with E-state index >= 15 is 0 Å². The summed E-state index contributed by atoms with van der Waals surface area (Å²) in [5.74, 6) is -2.86. The molecular weight excluding hydrogens is 484 g/mol. The summed E-state index contributed by atoms with van der Waals surface area (Å²) in [6.45, 7) is 9.61. The minimum Gasteiger partial charge on any atom is -0.465 e. The summed E-state index contributed by atoms with van der Waals surface area (Å²) >= 11 is 6.45. The molecule has 2 unspecified atom stereocenters. The summed E-state index contributed by atoms with van der Waals surface area (Å²) < 4.78 is 12.1. The van der Waals surface area contributed by atoms with E-state index in [1.807, 2.05) is 6.92 Å². The number of esters is 1. The second-order valence-corrected chi connectivity index (χ2v) is 10.2. The molecule has 9 heteroatoms. The topological polar surface area (TPSA) is 96.4 Å². The highest BCUT2D eigenvalue weighted by Gasteiger charge is 2.78. The van der Waals surface area contributed by atoms with E-state index in [0.29, 0.717) is 30.0 Å². The molecule has 2 bridgehead atoms. The third-order valence-electron chi connectivity index (χ3n) is 7.61. The molecule has 0 aliphatic carbocycles. The Balaban J connectivity index is 1.76. The average molecular weight is 517 g/mol. The number of rotatable bonds is 11. The van der Waals surface area contributed by atoms with Crippen molar-refractivity contribution >= 4 is 35.1 Å². The highest BCUT2D eigenvalue weighted by molar-refractivity contribution is 6.34. The van der Waals surface area contributed by atoms with Crippen molar-refractivity contribution in [2.45, 2.75) is 49.9 Å². The largest absolute Gasteiger partial charge is 0.465 e. The van der Waals surface area contributed by atoms with Crippen LogP contribution in [0, 0.1) is 11.8 Å². The lowest BCUT2D eigenvalue weighted by atomic mass is 9.66. The van der Waals surface area contributed by atoms with Crippen LogP contribution in [0.3, 0.4) is 0 Å². The molecule has 0 saturated carbocycles. The van der Waals surface area contributed by atoms with Gasteiger partial charge in [-0.2, -0.15) is 0 Å². The highest BCUT2D eigenvalue weighted by Crippen LogP contribution is 2.63. The SMILES string of the molecule is C=CCCOC(=O)[C@@H]1[C@H]2C(=O)N(CCCO)C(C(=O)N(CC=C)c3ccccc3Cl)C23CC[C@@]1(C)O3. The number of halogens is 1. The van der Waals surface area contributed by atoms with Crippen LogP contribution in [0.2, 0.25) is 5.02 Å². The smallest absolute Gasteiger partial charge is 0.312 e. The minimum absolute atomic E-state index is 0.144. The molecule has 1 aromatic carbocycles. The van der Waals surface area contributed by atoms with Crippen LogP contribution in [0.4, 0.5) is 5.69 Å². The number of anilines is 1. The van der Waals surface area contributed by atoms with Crippen LogP contribution in [0.25, 0.3) is 0 Å². The molecular formula is C27H33ClN2O6. The number of nitrogens with zero attached hydrogens (tertiary/aromatic N) is 2. The van der Waals surface area contributed by atoms with Crippen molar-refractivity contribution in [3.05, 3.63) is 54.6 Å². The molecule has 1 spiro atoms. The van der Waals surface area contributed by atoms with Gasteiger partial charge < -0.3 is 24.4 Å². The van der Waals surface area contributed by atoms with Gasteiger partial charge in [0.25, 0.3) is 5.91 Å². The quantitative estimate of drug-likeness (QED) is 0.276. The van der Waals surface area contributed by atoms with Gasteiger partial charge in [0, 0.05) is 19.7 Å². The maximum atomic E-state index is 14.3. The van der Waals surface area contributed by atoms with Crippen molar-refractivity contribution < 1.29 is 29.0 Å². The van der Waals surface area contributed by atoms with Gasteiger partial charge >= 0.3 is 5.97 Å². The molecule has 5 atom stereocenters. The van der Waals surface area contributed by atoms with Crippen LogP contribution in [0.15, 0.2) is 49.6 Å². The second kappa shape index (κ2) is 10.4. The molecule has 2 amide bonds. The number of fused-ring (bicyclic) bond motifs is 1.